The number of ether oxygens (including phenoxy) is 1. The minimum atomic E-state index is -0.0818. The van der Waals surface area contributed by atoms with Gasteiger partial charge in [-0.05, 0) is 18.8 Å². The molecule has 0 radical (unpaired) electrons. The molecule has 1 aliphatic rings. The fraction of sp³-hybridized carbons (Fsp3) is 0.909. The molecule has 88 valence electrons. The molecule has 0 saturated carbocycles. The van der Waals surface area contributed by atoms with Crippen LogP contribution in [0.4, 0.5) is 0 Å². The van der Waals surface area contributed by atoms with Crippen LogP contribution < -0.4 is 10.6 Å². The molecule has 4 nitrogen and oxygen atoms in total. The van der Waals surface area contributed by atoms with Gasteiger partial charge < -0.3 is 15.4 Å². The molecule has 1 heterocycles. The zero-order valence-electron chi connectivity index (χ0n) is 9.88. The summed E-state index contributed by atoms with van der Waals surface area (Å²) >= 11 is 0. The number of rotatable bonds is 5. The molecular weight excluding hydrogens is 192 g/mol. The second-order valence-electron chi connectivity index (χ2n) is 4.52. The quantitative estimate of drug-likeness (QED) is 0.701. The number of hydrogen-bond donors (Lipinski definition) is 2. The van der Waals surface area contributed by atoms with E-state index in [0.29, 0.717) is 12.0 Å². The lowest BCUT2D eigenvalue weighted by atomic mass is 10.0. The Labute approximate surface area is 91.8 Å². The van der Waals surface area contributed by atoms with Crippen molar-refractivity contribution in [2.45, 2.75) is 38.8 Å². The first-order valence-corrected chi connectivity index (χ1v) is 5.69. The maximum Gasteiger partial charge on any atom is 0.236 e. The van der Waals surface area contributed by atoms with E-state index in [1.54, 1.807) is 7.05 Å². The standard InChI is InChI=1S/C11H22N2O2/c1-8(2)6-10(11(14)12-3)13-9-4-5-15-7-9/h8-10,13H,4-7H2,1-3H3,(H,12,14). The third-order valence-corrected chi connectivity index (χ3v) is 2.64. The molecule has 0 aromatic heterocycles. The topological polar surface area (TPSA) is 50.4 Å². The molecule has 1 saturated heterocycles. The normalized spacial score (nSPS) is 23.1. The SMILES string of the molecule is CNC(=O)C(CC(C)C)NC1CCOC1. The van der Waals surface area contributed by atoms with Crippen molar-refractivity contribution in [1.82, 2.24) is 10.6 Å². The van der Waals surface area contributed by atoms with E-state index in [0.717, 1.165) is 26.1 Å². The molecule has 0 aromatic carbocycles. The molecule has 2 N–H and O–H groups in total. The lowest BCUT2D eigenvalue weighted by Gasteiger charge is -2.22. The van der Waals surface area contributed by atoms with Crippen LogP contribution in [0.5, 0.6) is 0 Å². The van der Waals surface area contributed by atoms with Gasteiger partial charge in [-0.25, -0.2) is 0 Å². The van der Waals surface area contributed by atoms with E-state index in [2.05, 4.69) is 24.5 Å². The molecular formula is C11H22N2O2. The van der Waals surface area contributed by atoms with Gasteiger partial charge in [0.1, 0.15) is 0 Å². The maximum atomic E-state index is 11.6. The van der Waals surface area contributed by atoms with Crippen LogP contribution in [-0.2, 0) is 9.53 Å². The summed E-state index contributed by atoms with van der Waals surface area (Å²) in [6.07, 6.45) is 1.88. The Hall–Kier alpha value is -0.610. The zero-order chi connectivity index (χ0) is 11.3. The minimum absolute atomic E-state index is 0.0793. The second kappa shape index (κ2) is 6.08. The second-order valence-corrected chi connectivity index (χ2v) is 4.52. The third kappa shape index (κ3) is 4.18. The van der Waals surface area contributed by atoms with E-state index < -0.39 is 0 Å². The van der Waals surface area contributed by atoms with Crippen LogP contribution in [0.2, 0.25) is 0 Å². The molecule has 1 amide bonds. The first kappa shape index (κ1) is 12.5. The summed E-state index contributed by atoms with van der Waals surface area (Å²) in [6.45, 7) is 5.79. The highest BCUT2D eigenvalue weighted by atomic mass is 16.5. The van der Waals surface area contributed by atoms with E-state index in [-0.39, 0.29) is 11.9 Å². The fourth-order valence-electron chi connectivity index (χ4n) is 1.85. The number of carbonyl (C=O) groups excluding carboxylic acids is 1. The highest BCUT2D eigenvalue weighted by Gasteiger charge is 2.24. The molecule has 0 bridgehead atoms. The van der Waals surface area contributed by atoms with Crippen LogP contribution in [0.15, 0.2) is 0 Å². The lowest BCUT2D eigenvalue weighted by Crippen LogP contribution is -2.48. The van der Waals surface area contributed by atoms with E-state index in [1.807, 2.05) is 0 Å². The molecule has 0 aromatic rings. The first-order chi connectivity index (χ1) is 7.13. The molecule has 1 fully saturated rings. The van der Waals surface area contributed by atoms with Gasteiger partial charge in [0.25, 0.3) is 0 Å². The number of nitrogens with one attached hydrogen (secondary N) is 2. The Morgan fingerprint density at radius 3 is 2.73 bits per heavy atom. The van der Waals surface area contributed by atoms with Crippen LogP contribution in [0.25, 0.3) is 0 Å². The van der Waals surface area contributed by atoms with Gasteiger partial charge in [0.05, 0.1) is 12.6 Å². The molecule has 1 rings (SSSR count). The predicted octanol–water partition coefficient (Wildman–Crippen LogP) is 0.526. The Bertz CT molecular complexity index is 201. The molecule has 2 unspecified atom stereocenters. The van der Waals surface area contributed by atoms with Crippen molar-refractivity contribution < 1.29 is 9.53 Å². The van der Waals surface area contributed by atoms with Gasteiger partial charge >= 0.3 is 0 Å². The van der Waals surface area contributed by atoms with Gasteiger partial charge in [-0.15, -0.1) is 0 Å². The summed E-state index contributed by atoms with van der Waals surface area (Å²) in [4.78, 5) is 11.6. The van der Waals surface area contributed by atoms with E-state index >= 15 is 0 Å². The molecule has 1 aliphatic heterocycles. The van der Waals surface area contributed by atoms with Gasteiger partial charge in [-0.2, -0.15) is 0 Å². The summed E-state index contributed by atoms with van der Waals surface area (Å²) in [6, 6.07) is 0.257. The lowest BCUT2D eigenvalue weighted by molar-refractivity contribution is -0.123. The highest BCUT2D eigenvalue weighted by Crippen LogP contribution is 2.09. The number of likely N-dealkylation sites (N-methyl/N-ethyl adjacent to an activating group) is 1. The van der Waals surface area contributed by atoms with Gasteiger partial charge in [-0.1, -0.05) is 13.8 Å². The van der Waals surface area contributed by atoms with Crippen LogP contribution in [0.1, 0.15) is 26.7 Å². The Kier molecular flexibility index (Phi) is 5.05. The zero-order valence-corrected chi connectivity index (χ0v) is 9.88. The van der Waals surface area contributed by atoms with Gasteiger partial charge in [0.15, 0.2) is 0 Å². The van der Waals surface area contributed by atoms with Crippen molar-refractivity contribution >= 4 is 5.91 Å². The van der Waals surface area contributed by atoms with Crippen molar-refractivity contribution in [3.05, 3.63) is 0 Å². The summed E-state index contributed by atoms with van der Waals surface area (Å²) in [5, 5.41) is 6.06. The fourth-order valence-corrected chi connectivity index (χ4v) is 1.85. The molecule has 15 heavy (non-hydrogen) atoms. The molecule has 4 heteroatoms. The van der Waals surface area contributed by atoms with E-state index in [1.165, 1.54) is 0 Å². The monoisotopic (exact) mass is 214 g/mol. The third-order valence-electron chi connectivity index (χ3n) is 2.64. The average molecular weight is 214 g/mol. The number of hydrogen-bond acceptors (Lipinski definition) is 3. The molecule has 0 aliphatic carbocycles. The van der Waals surface area contributed by atoms with Gasteiger partial charge in [-0.3, -0.25) is 4.79 Å². The molecule has 0 spiro atoms. The van der Waals surface area contributed by atoms with Crippen LogP contribution >= 0.6 is 0 Å². The number of carbonyl (C=O) groups is 1. The van der Waals surface area contributed by atoms with Crippen LogP contribution in [0, 0.1) is 5.92 Å². The summed E-state index contributed by atoms with van der Waals surface area (Å²) in [5.74, 6) is 0.595. The number of amides is 1. The predicted molar refractivity (Wildman–Crippen MR) is 59.7 cm³/mol. The van der Waals surface area contributed by atoms with Gasteiger partial charge in [0, 0.05) is 19.7 Å². The first-order valence-electron chi connectivity index (χ1n) is 5.69. The maximum absolute atomic E-state index is 11.6. The minimum Gasteiger partial charge on any atom is -0.380 e. The van der Waals surface area contributed by atoms with Crippen molar-refractivity contribution in [3.63, 3.8) is 0 Å². The van der Waals surface area contributed by atoms with Crippen molar-refractivity contribution in [2.75, 3.05) is 20.3 Å². The van der Waals surface area contributed by atoms with Crippen LogP contribution in [-0.4, -0.2) is 38.3 Å². The van der Waals surface area contributed by atoms with Crippen molar-refractivity contribution in [1.29, 1.82) is 0 Å². The summed E-state index contributed by atoms with van der Waals surface area (Å²) in [5.41, 5.74) is 0. The summed E-state index contributed by atoms with van der Waals surface area (Å²) in [7, 11) is 1.68. The highest BCUT2D eigenvalue weighted by molar-refractivity contribution is 5.81. The van der Waals surface area contributed by atoms with Crippen molar-refractivity contribution in [3.8, 4) is 0 Å². The molecule has 2 atom stereocenters. The van der Waals surface area contributed by atoms with Gasteiger partial charge in [0.2, 0.25) is 5.91 Å². The largest absolute Gasteiger partial charge is 0.380 e. The average Bonchev–Trinajstić information content (AvgIpc) is 2.67. The Morgan fingerprint density at radius 2 is 2.27 bits per heavy atom. The summed E-state index contributed by atoms with van der Waals surface area (Å²) < 4.78 is 5.28. The van der Waals surface area contributed by atoms with Crippen molar-refractivity contribution in [2.24, 2.45) is 5.92 Å². The van der Waals surface area contributed by atoms with E-state index in [9.17, 15) is 4.79 Å². The smallest absolute Gasteiger partial charge is 0.236 e. The van der Waals surface area contributed by atoms with E-state index in [4.69, 9.17) is 4.74 Å². The Balaban J connectivity index is 2.43. The Morgan fingerprint density at radius 1 is 1.53 bits per heavy atom. The van der Waals surface area contributed by atoms with Crippen LogP contribution in [0.3, 0.4) is 0 Å².